The number of hydrogen-bond acceptors (Lipinski definition) is 4. The van der Waals surface area contributed by atoms with E-state index in [4.69, 9.17) is 0 Å². The second kappa shape index (κ2) is 6.29. The van der Waals surface area contributed by atoms with Gasteiger partial charge in [-0.3, -0.25) is 9.48 Å². The molecule has 0 spiro atoms. The lowest BCUT2D eigenvalue weighted by Crippen LogP contribution is -2.33. The maximum atomic E-state index is 12.3. The Bertz CT molecular complexity index is 753. The van der Waals surface area contributed by atoms with Crippen LogP contribution in [0.2, 0.25) is 0 Å². The molecule has 1 aromatic carbocycles. The molecule has 0 unspecified atom stereocenters. The van der Waals surface area contributed by atoms with Crippen LogP contribution in [0.1, 0.15) is 31.5 Å². The van der Waals surface area contributed by atoms with Crippen molar-refractivity contribution in [3.8, 4) is 0 Å². The number of aromatic nitrogens is 2. The van der Waals surface area contributed by atoms with Gasteiger partial charge in [0.05, 0.1) is 6.20 Å². The monoisotopic (exact) mass is 323 g/mol. The standard InChI is InChI=1S/C14H17N3O4S/c1-10(2)17-9-12(8-15-17)22(20,21)16-13(14(18)19)11-6-4-3-5-7-11/h3-10,13,16H,1-2H3,(H,18,19)/t13-/m1/s1. The summed E-state index contributed by atoms with van der Waals surface area (Å²) in [5, 5.41) is 13.2. The Labute approximate surface area is 128 Å². The van der Waals surface area contributed by atoms with Gasteiger partial charge in [0.1, 0.15) is 10.9 Å². The Kier molecular flexibility index (Phi) is 4.62. The highest BCUT2D eigenvalue weighted by Crippen LogP contribution is 2.18. The first kappa shape index (κ1) is 16.2. The van der Waals surface area contributed by atoms with Gasteiger partial charge in [0.2, 0.25) is 10.0 Å². The molecule has 8 heteroatoms. The molecule has 1 heterocycles. The Hall–Kier alpha value is -2.19. The van der Waals surface area contributed by atoms with E-state index >= 15 is 0 Å². The maximum Gasteiger partial charge on any atom is 0.326 e. The van der Waals surface area contributed by atoms with Gasteiger partial charge in [0, 0.05) is 12.2 Å². The van der Waals surface area contributed by atoms with Crippen LogP contribution in [0.15, 0.2) is 47.6 Å². The van der Waals surface area contributed by atoms with Gasteiger partial charge in [-0.15, -0.1) is 0 Å². The van der Waals surface area contributed by atoms with Gasteiger partial charge in [-0.25, -0.2) is 8.42 Å². The number of carboxylic acid groups (broad SMARTS) is 1. The molecule has 0 bridgehead atoms. The molecular formula is C14H17N3O4S. The lowest BCUT2D eigenvalue weighted by atomic mass is 10.1. The minimum absolute atomic E-state index is 0.00773. The molecule has 0 saturated carbocycles. The first-order chi connectivity index (χ1) is 10.3. The molecule has 0 amide bonds. The molecule has 0 radical (unpaired) electrons. The maximum absolute atomic E-state index is 12.3. The van der Waals surface area contributed by atoms with E-state index in [0.29, 0.717) is 5.56 Å². The average Bonchev–Trinajstić information content (AvgIpc) is 2.96. The van der Waals surface area contributed by atoms with Crippen molar-refractivity contribution in [1.82, 2.24) is 14.5 Å². The van der Waals surface area contributed by atoms with E-state index in [-0.39, 0.29) is 10.9 Å². The SMILES string of the molecule is CC(C)n1cc(S(=O)(=O)N[C@@H](C(=O)O)c2ccccc2)cn1. The largest absolute Gasteiger partial charge is 0.480 e. The number of nitrogens with zero attached hydrogens (tertiary/aromatic N) is 2. The highest BCUT2D eigenvalue weighted by Gasteiger charge is 2.27. The number of carboxylic acids is 1. The molecule has 2 aromatic rings. The van der Waals surface area contributed by atoms with Crippen LogP contribution in [-0.4, -0.2) is 29.3 Å². The first-order valence-electron chi connectivity index (χ1n) is 6.65. The summed E-state index contributed by atoms with van der Waals surface area (Å²) in [5.41, 5.74) is 0.356. The number of aliphatic carboxylic acids is 1. The molecule has 1 atom stereocenters. The van der Waals surface area contributed by atoms with E-state index in [1.807, 2.05) is 13.8 Å². The third kappa shape index (κ3) is 3.52. The summed E-state index contributed by atoms with van der Waals surface area (Å²) in [6.45, 7) is 3.72. The second-order valence-corrected chi connectivity index (χ2v) is 6.77. The van der Waals surface area contributed by atoms with E-state index < -0.39 is 22.0 Å². The Morgan fingerprint density at radius 2 is 1.91 bits per heavy atom. The average molecular weight is 323 g/mol. The summed E-state index contributed by atoms with van der Waals surface area (Å²) in [6, 6.07) is 6.79. The predicted molar refractivity (Wildman–Crippen MR) is 79.8 cm³/mol. The minimum Gasteiger partial charge on any atom is -0.480 e. The van der Waals surface area contributed by atoms with Crippen LogP contribution in [0.4, 0.5) is 0 Å². The zero-order valence-corrected chi connectivity index (χ0v) is 13.0. The van der Waals surface area contributed by atoms with Gasteiger partial charge in [0.15, 0.2) is 0 Å². The third-order valence-corrected chi connectivity index (χ3v) is 4.45. The van der Waals surface area contributed by atoms with E-state index in [1.54, 1.807) is 30.3 Å². The molecule has 22 heavy (non-hydrogen) atoms. The predicted octanol–water partition coefficient (Wildman–Crippen LogP) is 1.57. The third-order valence-electron chi connectivity index (χ3n) is 3.07. The van der Waals surface area contributed by atoms with Gasteiger partial charge in [0.25, 0.3) is 0 Å². The van der Waals surface area contributed by atoms with Gasteiger partial charge in [-0.05, 0) is 19.4 Å². The van der Waals surface area contributed by atoms with Crippen LogP contribution in [0.5, 0.6) is 0 Å². The van der Waals surface area contributed by atoms with E-state index in [9.17, 15) is 18.3 Å². The normalized spacial score (nSPS) is 13.2. The molecule has 0 saturated heterocycles. The molecule has 2 rings (SSSR count). The van der Waals surface area contributed by atoms with Crippen molar-refractivity contribution in [2.45, 2.75) is 30.8 Å². The summed E-state index contributed by atoms with van der Waals surface area (Å²) < 4.78 is 28.3. The van der Waals surface area contributed by atoms with E-state index in [0.717, 1.165) is 0 Å². The van der Waals surface area contributed by atoms with Gasteiger partial charge in [-0.1, -0.05) is 30.3 Å². The van der Waals surface area contributed by atoms with Crippen LogP contribution in [-0.2, 0) is 14.8 Å². The number of nitrogens with one attached hydrogen (secondary N) is 1. The molecule has 0 fully saturated rings. The molecule has 0 aliphatic carbocycles. The Balaban J connectivity index is 2.30. The number of benzene rings is 1. The second-order valence-electron chi connectivity index (χ2n) is 5.05. The van der Waals surface area contributed by atoms with Crippen molar-refractivity contribution in [3.63, 3.8) is 0 Å². The summed E-state index contributed by atoms with van der Waals surface area (Å²) in [5.74, 6) is -1.27. The molecule has 118 valence electrons. The molecule has 0 aliphatic heterocycles. The Morgan fingerprint density at radius 3 is 2.41 bits per heavy atom. The van der Waals surface area contributed by atoms with Crippen molar-refractivity contribution < 1.29 is 18.3 Å². The summed E-state index contributed by atoms with van der Waals surface area (Å²) >= 11 is 0. The summed E-state index contributed by atoms with van der Waals surface area (Å²) in [6.07, 6.45) is 2.57. The van der Waals surface area contributed by atoms with Crippen LogP contribution < -0.4 is 4.72 Å². The first-order valence-corrected chi connectivity index (χ1v) is 8.14. The van der Waals surface area contributed by atoms with Crippen LogP contribution in [0, 0.1) is 0 Å². The van der Waals surface area contributed by atoms with Crippen molar-refractivity contribution >= 4 is 16.0 Å². The molecule has 0 aliphatic rings. The quantitative estimate of drug-likeness (QED) is 0.840. The minimum atomic E-state index is -3.98. The molecule has 7 nitrogen and oxygen atoms in total. The Morgan fingerprint density at radius 1 is 1.27 bits per heavy atom. The zero-order chi connectivity index (χ0) is 16.3. The topological polar surface area (TPSA) is 101 Å². The number of hydrogen-bond donors (Lipinski definition) is 2. The smallest absolute Gasteiger partial charge is 0.326 e. The van der Waals surface area contributed by atoms with Crippen molar-refractivity contribution in [2.24, 2.45) is 0 Å². The van der Waals surface area contributed by atoms with Crippen molar-refractivity contribution in [1.29, 1.82) is 0 Å². The van der Waals surface area contributed by atoms with Gasteiger partial charge in [-0.2, -0.15) is 9.82 Å². The molecule has 2 N–H and O–H groups in total. The van der Waals surface area contributed by atoms with E-state index in [1.165, 1.54) is 17.1 Å². The van der Waals surface area contributed by atoms with Crippen LogP contribution in [0.3, 0.4) is 0 Å². The number of sulfonamides is 1. The highest BCUT2D eigenvalue weighted by molar-refractivity contribution is 7.89. The zero-order valence-electron chi connectivity index (χ0n) is 12.2. The fraction of sp³-hybridized carbons (Fsp3) is 0.286. The van der Waals surface area contributed by atoms with Crippen molar-refractivity contribution in [2.75, 3.05) is 0 Å². The lowest BCUT2D eigenvalue weighted by molar-refractivity contribution is -0.139. The molecular weight excluding hydrogens is 306 g/mol. The van der Waals surface area contributed by atoms with Gasteiger partial charge >= 0.3 is 5.97 Å². The van der Waals surface area contributed by atoms with E-state index in [2.05, 4.69) is 9.82 Å². The fourth-order valence-electron chi connectivity index (χ4n) is 1.87. The van der Waals surface area contributed by atoms with Crippen LogP contribution >= 0.6 is 0 Å². The summed E-state index contributed by atoms with van der Waals surface area (Å²) in [4.78, 5) is 11.3. The number of carbonyl (C=O) groups is 1. The lowest BCUT2D eigenvalue weighted by Gasteiger charge is -2.14. The van der Waals surface area contributed by atoms with Crippen LogP contribution in [0.25, 0.3) is 0 Å². The molecule has 1 aromatic heterocycles. The number of rotatable bonds is 6. The fourth-order valence-corrected chi connectivity index (χ4v) is 2.99. The highest BCUT2D eigenvalue weighted by atomic mass is 32.2. The van der Waals surface area contributed by atoms with Gasteiger partial charge < -0.3 is 5.11 Å². The van der Waals surface area contributed by atoms with Crippen molar-refractivity contribution in [3.05, 3.63) is 48.3 Å². The summed E-state index contributed by atoms with van der Waals surface area (Å²) in [7, 11) is -3.98.